The topological polar surface area (TPSA) is 103 Å². The number of benzene rings is 1. The van der Waals surface area contributed by atoms with E-state index >= 15 is 0 Å². The van der Waals surface area contributed by atoms with Crippen molar-refractivity contribution in [2.45, 2.75) is 13.2 Å². The van der Waals surface area contributed by atoms with Crippen molar-refractivity contribution in [2.75, 3.05) is 12.1 Å². The average molecular weight is 339 g/mol. The molecule has 4 rings (SSSR count). The zero-order chi connectivity index (χ0) is 17.1. The first-order valence-corrected chi connectivity index (χ1v) is 7.50. The molecule has 0 bridgehead atoms. The van der Waals surface area contributed by atoms with Crippen molar-refractivity contribution in [3.8, 4) is 23.3 Å². The Morgan fingerprint density at radius 1 is 1.24 bits per heavy atom. The van der Waals surface area contributed by atoms with Gasteiger partial charge in [0.25, 0.3) is 0 Å². The van der Waals surface area contributed by atoms with E-state index in [9.17, 15) is 5.26 Å². The standard InChI is InChI=1S/C17H13N3O5/c18-7-13-17(19-8-12-2-1-5-21-12)25-16(20-13)9-22-11-3-4-14-15(6-11)24-10-23-14/h1-6,19H,8-10H2. The Labute approximate surface area is 142 Å². The van der Waals surface area contributed by atoms with Crippen LogP contribution in [-0.2, 0) is 13.2 Å². The second kappa shape index (κ2) is 6.49. The Bertz CT molecular complexity index is 911. The highest BCUT2D eigenvalue weighted by molar-refractivity contribution is 5.47. The fourth-order valence-corrected chi connectivity index (χ4v) is 2.31. The monoisotopic (exact) mass is 339 g/mol. The van der Waals surface area contributed by atoms with Gasteiger partial charge in [0.05, 0.1) is 12.8 Å². The molecule has 1 aliphatic rings. The van der Waals surface area contributed by atoms with Crippen molar-refractivity contribution >= 4 is 5.88 Å². The first-order valence-electron chi connectivity index (χ1n) is 7.50. The van der Waals surface area contributed by atoms with E-state index in [0.717, 1.165) is 5.76 Å². The van der Waals surface area contributed by atoms with Crippen LogP contribution in [0.2, 0.25) is 0 Å². The highest BCUT2D eigenvalue weighted by Crippen LogP contribution is 2.35. The number of nitriles is 1. The Kier molecular flexibility index (Phi) is 3.88. The maximum absolute atomic E-state index is 9.17. The van der Waals surface area contributed by atoms with E-state index in [1.165, 1.54) is 0 Å². The molecule has 0 fully saturated rings. The number of hydrogen-bond acceptors (Lipinski definition) is 8. The third-order valence-corrected chi connectivity index (χ3v) is 3.49. The Hall–Kier alpha value is -3.60. The van der Waals surface area contributed by atoms with Gasteiger partial charge in [0.15, 0.2) is 18.1 Å². The van der Waals surface area contributed by atoms with E-state index in [-0.39, 0.29) is 30.9 Å². The molecule has 2 aromatic heterocycles. The van der Waals surface area contributed by atoms with E-state index in [0.29, 0.717) is 23.8 Å². The molecule has 8 heteroatoms. The predicted octanol–water partition coefficient (Wildman–Crippen LogP) is 3.06. The molecular formula is C17H13N3O5. The quantitative estimate of drug-likeness (QED) is 0.731. The number of anilines is 1. The second-order valence-electron chi connectivity index (χ2n) is 5.13. The summed E-state index contributed by atoms with van der Waals surface area (Å²) in [5.74, 6) is 3.19. The van der Waals surface area contributed by atoms with E-state index < -0.39 is 0 Å². The molecule has 0 atom stereocenters. The van der Waals surface area contributed by atoms with Crippen molar-refractivity contribution in [3.63, 3.8) is 0 Å². The molecule has 1 aromatic carbocycles. The number of aromatic nitrogens is 1. The highest BCUT2D eigenvalue weighted by Gasteiger charge is 2.16. The molecule has 126 valence electrons. The third kappa shape index (κ3) is 3.21. The summed E-state index contributed by atoms with van der Waals surface area (Å²) in [6, 6.07) is 10.9. The Morgan fingerprint density at radius 2 is 2.16 bits per heavy atom. The Balaban J connectivity index is 1.41. The number of hydrogen-bond donors (Lipinski definition) is 1. The van der Waals surface area contributed by atoms with Crippen LogP contribution >= 0.6 is 0 Å². The molecule has 8 nitrogen and oxygen atoms in total. The predicted molar refractivity (Wildman–Crippen MR) is 84.1 cm³/mol. The van der Waals surface area contributed by atoms with Crippen LogP contribution in [0, 0.1) is 11.3 Å². The summed E-state index contributed by atoms with van der Waals surface area (Å²) in [6.45, 7) is 0.671. The molecule has 25 heavy (non-hydrogen) atoms. The van der Waals surface area contributed by atoms with Crippen LogP contribution in [0.25, 0.3) is 0 Å². The number of nitrogens with one attached hydrogen (secondary N) is 1. The van der Waals surface area contributed by atoms with Crippen LogP contribution in [-0.4, -0.2) is 11.8 Å². The van der Waals surface area contributed by atoms with Gasteiger partial charge in [0.2, 0.25) is 24.3 Å². The minimum atomic E-state index is 0.0801. The minimum absolute atomic E-state index is 0.0801. The largest absolute Gasteiger partial charge is 0.484 e. The smallest absolute Gasteiger partial charge is 0.236 e. The molecule has 0 unspecified atom stereocenters. The van der Waals surface area contributed by atoms with Gasteiger partial charge in [-0.3, -0.25) is 0 Å². The van der Waals surface area contributed by atoms with Crippen LogP contribution < -0.4 is 19.5 Å². The summed E-state index contributed by atoms with van der Waals surface area (Å²) < 4.78 is 26.9. The summed E-state index contributed by atoms with van der Waals surface area (Å²) in [5, 5.41) is 12.2. The van der Waals surface area contributed by atoms with Crippen molar-refractivity contribution in [1.82, 2.24) is 4.98 Å². The van der Waals surface area contributed by atoms with Crippen molar-refractivity contribution in [3.05, 3.63) is 53.9 Å². The molecule has 0 saturated heterocycles. The molecule has 1 aliphatic heterocycles. The maximum Gasteiger partial charge on any atom is 0.236 e. The van der Waals surface area contributed by atoms with Gasteiger partial charge in [-0.05, 0) is 24.3 Å². The molecule has 0 saturated carbocycles. The number of ether oxygens (including phenoxy) is 3. The summed E-state index contributed by atoms with van der Waals surface area (Å²) in [4.78, 5) is 4.11. The molecule has 3 heterocycles. The van der Waals surface area contributed by atoms with Gasteiger partial charge in [-0.2, -0.15) is 10.2 Å². The lowest BCUT2D eigenvalue weighted by atomic mass is 10.3. The number of nitrogens with zero attached hydrogens (tertiary/aromatic N) is 2. The van der Waals surface area contributed by atoms with Gasteiger partial charge < -0.3 is 28.4 Å². The van der Waals surface area contributed by atoms with Crippen molar-refractivity contribution in [2.24, 2.45) is 0 Å². The molecule has 0 radical (unpaired) electrons. The summed E-state index contributed by atoms with van der Waals surface area (Å²) >= 11 is 0. The van der Waals surface area contributed by atoms with Gasteiger partial charge in [-0.25, -0.2) is 0 Å². The minimum Gasteiger partial charge on any atom is -0.484 e. The molecular weight excluding hydrogens is 326 g/mol. The number of furan rings is 1. The number of fused-ring (bicyclic) bond motifs is 1. The SMILES string of the molecule is N#Cc1nc(COc2ccc3c(c2)OCO3)oc1NCc1ccco1. The molecule has 0 spiro atoms. The van der Waals surface area contributed by atoms with Crippen LogP contribution in [0.4, 0.5) is 5.88 Å². The van der Waals surface area contributed by atoms with Gasteiger partial charge in [-0.1, -0.05) is 0 Å². The summed E-state index contributed by atoms with van der Waals surface area (Å²) in [6.07, 6.45) is 1.58. The van der Waals surface area contributed by atoms with Crippen molar-refractivity contribution in [1.29, 1.82) is 5.26 Å². The lowest BCUT2D eigenvalue weighted by Crippen LogP contribution is -1.98. The summed E-state index contributed by atoms with van der Waals surface area (Å²) in [5.41, 5.74) is 0.163. The number of rotatable bonds is 6. The average Bonchev–Trinajstić information content (AvgIpc) is 3.37. The van der Waals surface area contributed by atoms with Crippen molar-refractivity contribution < 1.29 is 23.0 Å². The fraction of sp³-hybridized carbons (Fsp3) is 0.176. The zero-order valence-corrected chi connectivity index (χ0v) is 13.0. The molecule has 0 aliphatic carbocycles. The molecule has 0 amide bonds. The lowest BCUT2D eigenvalue weighted by Gasteiger charge is -2.04. The van der Waals surface area contributed by atoms with Crippen LogP contribution in [0.15, 0.2) is 45.4 Å². The first kappa shape index (κ1) is 15.0. The first-order chi connectivity index (χ1) is 12.3. The fourth-order valence-electron chi connectivity index (χ4n) is 2.31. The van der Waals surface area contributed by atoms with E-state index in [1.54, 1.807) is 30.5 Å². The van der Waals surface area contributed by atoms with Crippen LogP contribution in [0.5, 0.6) is 17.2 Å². The highest BCUT2D eigenvalue weighted by atomic mass is 16.7. The van der Waals surface area contributed by atoms with Crippen LogP contribution in [0.3, 0.4) is 0 Å². The van der Waals surface area contributed by atoms with E-state index in [1.807, 2.05) is 12.1 Å². The number of oxazole rings is 1. The lowest BCUT2D eigenvalue weighted by molar-refractivity contribution is 0.173. The van der Waals surface area contributed by atoms with E-state index in [2.05, 4.69) is 10.3 Å². The second-order valence-corrected chi connectivity index (χ2v) is 5.13. The maximum atomic E-state index is 9.17. The normalized spacial score (nSPS) is 12.0. The van der Waals surface area contributed by atoms with Crippen LogP contribution in [0.1, 0.15) is 17.3 Å². The van der Waals surface area contributed by atoms with E-state index in [4.69, 9.17) is 23.0 Å². The third-order valence-electron chi connectivity index (χ3n) is 3.49. The van der Waals surface area contributed by atoms with Gasteiger partial charge in [0, 0.05) is 6.07 Å². The molecule has 1 N–H and O–H groups in total. The molecule has 3 aromatic rings. The summed E-state index contributed by atoms with van der Waals surface area (Å²) in [7, 11) is 0. The Morgan fingerprint density at radius 3 is 3.00 bits per heavy atom. The van der Waals surface area contributed by atoms with Gasteiger partial charge in [0.1, 0.15) is 17.6 Å². The zero-order valence-electron chi connectivity index (χ0n) is 13.0. The van der Waals surface area contributed by atoms with Gasteiger partial charge in [-0.15, -0.1) is 0 Å². The van der Waals surface area contributed by atoms with Gasteiger partial charge >= 0.3 is 0 Å².